The van der Waals surface area contributed by atoms with Crippen LogP contribution in [0.25, 0.3) is 22.4 Å². The van der Waals surface area contributed by atoms with E-state index in [-0.39, 0.29) is 5.75 Å². The van der Waals surface area contributed by atoms with Gasteiger partial charge in [-0.1, -0.05) is 17.7 Å². The number of H-pyrrole nitrogens is 1. The SMILES string of the molecule is Cc1ccc(SC[C@H](NC(=O)c2ccc3nc(-c4ccncc4)[nH]c3c2)C(=O)O)cc1. The number of nitrogens with one attached hydrogen (secondary N) is 2. The Hall–Kier alpha value is -3.65. The fourth-order valence-corrected chi connectivity index (χ4v) is 3.94. The Kier molecular flexibility index (Phi) is 5.99. The van der Waals surface area contributed by atoms with E-state index >= 15 is 0 Å². The molecule has 7 nitrogen and oxygen atoms in total. The summed E-state index contributed by atoms with van der Waals surface area (Å²) in [5.41, 5.74) is 3.79. The lowest BCUT2D eigenvalue weighted by atomic mass is 10.2. The molecule has 0 bridgehead atoms. The molecule has 2 aromatic carbocycles. The number of aliphatic carboxylic acids is 1. The lowest BCUT2D eigenvalue weighted by Gasteiger charge is -2.14. The van der Waals surface area contributed by atoms with Crippen LogP contribution in [0.1, 0.15) is 15.9 Å². The van der Waals surface area contributed by atoms with Gasteiger partial charge in [-0.2, -0.15) is 0 Å². The minimum absolute atomic E-state index is 0.225. The third kappa shape index (κ3) is 4.92. The molecule has 4 rings (SSSR count). The van der Waals surface area contributed by atoms with Gasteiger partial charge >= 0.3 is 5.97 Å². The summed E-state index contributed by atoms with van der Waals surface area (Å²) in [6.45, 7) is 1.99. The van der Waals surface area contributed by atoms with Crippen molar-refractivity contribution in [2.75, 3.05) is 5.75 Å². The molecule has 0 aliphatic rings. The van der Waals surface area contributed by atoms with Crippen LogP contribution in [0.3, 0.4) is 0 Å². The van der Waals surface area contributed by atoms with Crippen molar-refractivity contribution in [1.29, 1.82) is 0 Å². The number of benzene rings is 2. The highest BCUT2D eigenvalue weighted by Crippen LogP contribution is 2.22. The molecule has 0 saturated heterocycles. The monoisotopic (exact) mass is 432 g/mol. The highest BCUT2D eigenvalue weighted by molar-refractivity contribution is 7.99. The highest BCUT2D eigenvalue weighted by atomic mass is 32.2. The molecule has 0 aliphatic carbocycles. The van der Waals surface area contributed by atoms with Crippen molar-refractivity contribution in [3.05, 3.63) is 78.1 Å². The average molecular weight is 433 g/mol. The Bertz CT molecular complexity index is 1220. The minimum atomic E-state index is -1.07. The van der Waals surface area contributed by atoms with Gasteiger partial charge in [0.1, 0.15) is 11.9 Å². The second-order valence-corrected chi connectivity index (χ2v) is 8.13. The first-order chi connectivity index (χ1) is 15.0. The van der Waals surface area contributed by atoms with Gasteiger partial charge in [0.2, 0.25) is 0 Å². The quantitative estimate of drug-likeness (QED) is 0.382. The number of aryl methyl sites for hydroxylation is 1. The van der Waals surface area contributed by atoms with Crippen LogP contribution in [0, 0.1) is 6.92 Å². The zero-order chi connectivity index (χ0) is 21.8. The van der Waals surface area contributed by atoms with E-state index in [2.05, 4.69) is 20.3 Å². The third-order valence-electron chi connectivity index (χ3n) is 4.74. The maximum absolute atomic E-state index is 12.7. The van der Waals surface area contributed by atoms with Crippen LogP contribution in [0.15, 0.2) is 71.9 Å². The summed E-state index contributed by atoms with van der Waals surface area (Å²) in [5.74, 6) is -0.620. The summed E-state index contributed by atoms with van der Waals surface area (Å²) in [4.78, 5) is 37.0. The van der Waals surface area contributed by atoms with Gasteiger partial charge < -0.3 is 15.4 Å². The average Bonchev–Trinajstić information content (AvgIpc) is 3.21. The molecule has 2 aromatic heterocycles. The number of carboxylic acids is 1. The van der Waals surface area contributed by atoms with Crippen molar-refractivity contribution < 1.29 is 14.7 Å². The number of pyridine rings is 1. The summed E-state index contributed by atoms with van der Waals surface area (Å²) >= 11 is 1.39. The lowest BCUT2D eigenvalue weighted by Crippen LogP contribution is -2.42. The molecule has 3 N–H and O–H groups in total. The zero-order valence-corrected chi connectivity index (χ0v) is 17.5. The number of nitrogens with zero attached hydrogens (tertiary/aromatic N) is 2. The molecule has 0 aliphatic heterocycles. The standard InChI is InChI=1S/C23H20N4O3S/c1-14-2-5-17(6-3-14)31-13-20(23(29)30)27-22(28)16-4-7-18-19(12-16)26-21(25-18)15-8-10-24-11-9-15/h2-12,20H,13H2,1H3,(H,25,26)(H,27,28)(H,29,30)/t20-/m0/s1. The van der Waals surface area contributed by atoms with E-state index in [1.165, 1.54) is 11.8 Å². The van der Waals surface area contributed by atoms with Crippen molar-refractivity contribution in [2.24, 2.45) is 0 Å². The van der Waals surface area contributed by atoms with Crippen molar-refractivity contribution in [3.63, 3.8) is 0 Å². The van der Waals surface area contributed by atoms with Gasteiger partial charge in [0.05, 0.1) is 11.0 Å². The maximum atomic E-state index is 12.7. The van der Waals surface area contributed by atoms with Crippen LogP contribution >= 0.6 is 11.8 Å². The number of thioether (sulfide) groups is 1. The molecule has 0 saturated carbocycles. The van der Waals surface area contributed by atoms with Crippen molar-refractivity contribution >= 4 is 34.7 Å². The molecule has 8 heteroatoms. The molecule has 156 valence electrons. The Labute approximate surface area is 182 Å². The molecule has 2 heterocycles. The molecule has 4 aromatic rings. The van der Waals surface area contributed by atoms with Crippen molar-refractivity contribution in [2.45, 2.75) is 17.9 Å². The molecular formula is C23H20N4O3S. The number of aromatic nitrogens is 3. The first kappa shape index (κ1) is 20.6. The Morgan fingerprint density at radius 3 is 2.55 bits per heavy atom. The van der Waals surface area contributed by atoms with Gasteiger partial charge in [-0.3, -0.25) is 9.78 Å². The molecule has 0 spiro atoms. The summed E-state index contributed by atoms with van der Waals surface area (Å²) in [6, 6.07) is 15.5. The van der Waals surface area contributed by atoms with Gasteiger partial charge in [-0.15, -0.1) is 11.8 Å². The number of imidazole rings is 1. The molecular weight excluding hydrogens is 412 g/mol. The summed E-state index contributed by atoms with van der Waals surface area (Å²) in [6.07, 6.45) is 3.37. The smallest absolute Gasteiger partial charge is 0.327 e. The number of aromatic amines is 1. The van der Waals surface area contributed by atoms with E-state index in [0.29, 0.717) is 22.4 Å². The normalized spacial score (nSPS) is 11.9. The van der Waals surface area contributed by atoms with E-state index in [4.69, 9.17) is 0 Å². The predicted molar refractivity (Wildman–Crippen MR) is 120 cm³/mol. The summed E-state index contributed by atoms with van der Waals surface area (Å²) in [7, 11) is 0. The van der Waals surface area contributed by atoms with Crippen molar-refractivity contribution in [3.8, 4) is 11.4 Å². The van der Waals surface area contributed by atoms with Crippen LogP contribution in [0.4, 0.5) is 0 Å². The number of carbonyl (C=O) groups is 2. The number of hydrogen-bond acceptors (Lipinski definition) is 5. The van der Waals surface area contributed by atoms with E-state index in [1.54, 1.807) is 30.6 Å². The second kappa shape index (κ2) is 9.01. The van der Waals surface area contributed by atoms with Crippen LogP contribution < -0.4 is 5.32 Å². The minimum Gasteiger partial charge on any atom is -0.480 e. The number of carboxylic acid groups (broad SMARTS) is 1. The van der Waals surface area contributed by atoms with Gasteiger partial charge in [0.25, 0.3) is 5.91 Å². The topological polar surface area (TPSA) is 108 Å². The molecule has 0 radical (unpaired) electrons. The first-order valence-electron chi connectivity index (χ1n) is 9.63. The van der Waals surface area contributed by atoms with Gasteiger partial charge in [-0.25, -0.2) is 9.78 Å². The lowest BCUT2D eigenvalue weighted by molar-refractivity contribution is -0.138. The number of carbonyl (C=O) groups excluding carboxylic acids is 1. The van der Waals surface area contributed by atoms with Gasteiger partial charge in [0.15, 0.2) is 0 Å². The number of fused-ring (bicyclic) bond motifs is 1. The molecule has 31 heavy (non-hydrogen) atoms. The van der Waals surface area contributed by atoms with Crippen LogP contribution in [0.2, 0.25) is 0 Å². The van der Waals surface area contributed by atoms with Crippen LogP contribution in [0.5, 0.6) is 0 Å². The maximum Gasteiger partial charge on any atom is 0.327 e. The molecule has 0 unspecified atom stereocenters. The van der Waals surface area contributed by atoms with Crippen molar-refractivity contribution in [1.82, 2.24) is 20.3 Å². The largest absolute Gasteiger partial charge is 0.480 e. The van der Waals surface area contributed by atoms with Crippen LogP contribution in [-0.4, -0.2) is 43.7 Å². The zero-order valence-electron chi connectivity index (χ0n) is 16.7. The van der Waals surface area contributed by atoms with Gasteiger partial charge in [0, 0.05) is 34.2 Å². The first-order valence-corrected chi connectivity index (χ1v) is 10.6. The predicted octanol–water partition coefficient (Wildman–Crippen LogP) is 3.91. The van der Waals surface area contributed by atoms with Gasteiger partial charge in [-0.05, 0) is 49.4 Å². The number of hydrogen-bond donors (Lipinski definition) is 3. The molecule has 1 amide bonds. The molecule has 0 fully saturated rings. The Morgan fingerprint density at radius 1 is 1.10 bits per heavy atom. The van der Waals surface area contributed by atoms with E-state index in [0.717, 1.165) is 16.0 Å². The fraction of sp³-hybridized carbons (Fsp3) is 0.130. The third-order valence-corrected chi connectivity index (χ3v) is 5.84. The van der Waals surface area contributed by atoms with Crippen LogP contribution in [-0.2, 0) is 4.79 Å². The van der Waals surface area contributed by atoms with E-state index < -0.39 is 17.9 Å². The van der Waals surface area contributed by atoms with E-state index in [1.807, 2.05) is 43.3 Å². The summed E-state index contributed by atoms with van der Waals surface area (Å²) in [5, 5.41) is 12.2. The van der Waals surface area contributed by atoms with E-state index in [9.17, 15) is 14.7 Å². The highest BCUT2D eigenvalue weighted by Gasteiger charge is 2.21. The summed E-state index contributed by atoms with van der Waals surface area (Å²) < 4.78 is 0. The number of amides is 1. The second-order valence-electron chi connectivity index (χ2n) is 7.04. The number of rotatable bonds is 7. The fourth-order valence-electron chi connectivity index (χ4n) is 3.03. The molecule has 1 atom stereocenters. The Morgan fingerprint density at radius 2 is 1.84 bits per heavy atom. The Balaban J connectivity index is 1.47.